The van der Waals surface area contributed by atoms with E-state index in [1.807, 2.05) is 30.3 Å². The number of rotatable bonds is 5. The van der Waals surface area contributed by atoms with Crippen LogP contribution < -0.4 is 33.2 Å². The fourth-order valence-electron chi connectivity index (χ4n) is 1.70. The number of aromatic nitrogens is 1. The summed E-state index contributed by atoms with van der Waals surface area (Å²) in [5, 5.41) is 2.54. The zero-order valence-electron chi connectivity index (χ0n) is 12.1. The summed E-state index contributed by atoms with van der Waals surface area (Å²) in [6, 6.07) is 13.1. The average molecular weight is 324 g/mol. The van der Waals surface area contributed by atoms with Crippen molar-refractivity contribution in [2.45, 2.75) is 13.5 Å². The molecule has 0 spiro atoms. The first-order chi connectivity index (χ1) is 10.2. The van der Waals surface area contributed by atoms with Crippen molar-refractivity contribution < 1.29 is 31.7 Å². The molecule has 118 valence electrons. The fourth-order valence-corrected chi connectivity index (χ4v) is 1.70. The van der Waals surface area contributed by atoms with Gasteiger partial charge in [-0.3, -0.25) is 11.1 Å². The van der Waals surface area contributed by atoms with Crippen LogP contribution in [0.25, 0.3) is 0 Å². The third kappa shape index (κ3) is 5.14. The second-order valence-electron chi connectivity index (χ2n) is 4.27. The van der Waals surface area contributed by atoms with Crippen LogP contribution in [0.2, 0.25) is 0 Å². The molecule has 0 fully saturated rings. The van der Waals surface area contributed by atoms with E-state index in [4.69, 9.17) is 15.2 Å². The first-order valence-corrected chi connectivity index (χ1v) is 6.61. The Morgan fingerprint density at radius 2 is 1.95 bits per heavy atom. The lowest BCUT2D eigenvalue weighted by Gasteiger charge is -2.07. The van der Waals surface area contributed by atoms with Gasteiger partial charge in [-0.1, -0.05) is 30.3 Å². The summed E-state index contributed by atoms with van der Waals surface area (Å²) in [7, 11) is 0. The third-order valence-corrected chi connectivity index (χ3v) is 2.70. The van der Waals surface area contributed by atoms with E-state index in [-0.39, 0.29) is 12.4 Å². The van der Waals surface area contributed by atoms with Gasteiger partial charge in [0.05, 0.1) is 6.61 Å². The lowest BCUT2D eigenvalue weighted by Crippen LogP contribution is -3.00. The Morgan fingerprint density at radius 3 is 2.59 bits per heavy atom. The Morgan fingerprint density at radius 1 is 1.23 bits per heavy atom. The van der Waals surface area contributed by atoms with Crippen molar-refractivity contribution in [3.8, 4) is 5.88 Å². The predicted molar refractivity (Wildman–Crippen MR) is 78.8 cm³/mol. The SMILES string of the molecule is CCOC(=O)Nc1ccc(OCc2ccccc2)[nH+]c1N.[Cl-]. The van der Waals surface area contributed by atoms with Crippen LogP contribution in [0.3, 0.4) is 0 Å². The molecule has 1 aromatic carbocycles. The van der Waals surface area contributed by atoms with Crippen LogP contribution in [-0.2, 0) is 11.3 Å². The minimum atomic E-state index is -0.546. The molecule has 2 rings (SSSR count). The summed E-state index contributed by atoms with van der Waals surface area (Å²) < 4.78 is 10.4. The second-order valence-corrected chi connectivity index (χ2v) is 4.27. The summed E-state index contributed by atoms with van der Waals surface area (Å²) in [4.78, 5) is 14.2. The van der Waals surface area contributed by atoms with Gasteiger partial charge >= 0.3 is 6.09 Å². The van der Waals surface area contributed by atoms with Crippen LogP contribution in [0.1, 0.15) is 12.5 Å². The number of benzene rings is 1. The van der Waals surface area contributed by atoms with Crippen molar-refractivity contribution >= 4 is 17.6 Å². The highest BCUT2D eigenvalue weighted by molar-refractivity contribution is 5.87. The Balaban J connectivity index is 0.00000242. The minimum Gasteiger partial charge on any atom is -1.00 e. The van der Waals surface area contributed by atoms with Crippen molar-refractivity contribution in [3.05, 3.63) is 48.0 Å². The van der Waals surface area contributed by atoms with E-state index in [0.717, 1.165) is 5.56 Å². The molecule has 0 aliphatic rings. The number of nitrogen functional groups attached to an aromatic ring is 1. The molecular formula is C15H18ClN3O3. The van der Waals surface area contributed by atoms with E-state index in [9.17, 15) is 4.79 Å². The van der Waals surface area contributed by atoms with Gasteiger partial charge in [-0.2, -0.15) is 0 Å². The largest absolute Gasteiger partial charge is 1.00 e. The van der Waals surface area contributed by atoms with Crippen LogP contribution in [0.5, 0.6) is 5.88 Å². The number of pyridine rings is 1. The Kier molecular flexibility index (Phi) is 6.98. The van der Waals surface area contributed by atoms with Crippen molar-refractivity contribution in [3.63, 3.8) is 0 Å². The molecule has 0 saturated heterocycles. The highest BCUT2D eigenvalue weighted by Crippen LogP contribution is 2.16. The Bertz CT molecular complexity index is 608. The van der Waals surface area contributed by atoms with E-state index in [2.05, 4.69) is 10.3 Å². The molecule has 1 aromatic heterocycles. The zero-order valence-corrected chi connectivity index (χ0v) is 12.9. The lowest BCUT2D eigenvalue weighted by molar-refractivity contribution is -0.378. The molecule has 1 amide bonds. The summed E-state index contributed by atoms with van der Waals surface area (Å²) in [6.07, 6.45) is -0.546. The molecule has 0 saturated carbocycles. The van der Waals surface area contributed by atoms with Gasteiger partial charge in [0.15, 0.2) is 0 Å². The normalized spacial score (nSPS) is 9.50. The lowest BCUT2D eigenvalue weighted by atomic mass is 10.2. The molecule has 4 N–H and O–H groups in total. The molecule has 0 aliphatic carbocycles. The Labute approximate surface area is 135 Å². The number of aromatic amines is 1. The van der Waals surface area contributed by atoms with Gasteiger partial charge in [-0.25, -0.2) is 9.78 Å². The van der Waals surface area contributed by atoms with Gasteiger partial charge in [0, 0.05) is 6.07 Å². The molecule has 1 heterocycles. The van der Waals surface area contributed by atoms with Crippen LogP contribution >= 0.6 is 0 Å². The summed E-state index contributed by atoms with van der Waals surface area (Å²) in [5.41, 5.74) is 7.33. The smallest absolute Gasteiger partial charge is 0.411 e. The molecule has 6 nitrogen and oxygen atoms in total. The Hall–Kier alpha value is -2.47. The summed E-state index contributed by atoms with van der Waals surface area (Å²) >= 11 is 0. The van der Waals surface area contributed by atoms with Gasteiger partial charge in [0.2, 0.25) is 0 Å². The fraction of sp³-hybridized carbons (Fsp3) is 0.200. The number of H-pyrrole nitrogens is 1. The molecule has 0 atom stereocenters. The number of anilines is 2. The monoisotopic (exact) mass is 323 g/mol. The van der Waals surface area contributed by atoms with Crippen molar-refractivity contribution in [2.24, 2.45) is 0 Å². The molecule has 0 bridgehead atoms. The number of hydrogen-bond donors (Lipinski definition) is 2. The highest BCUT2D eigenvalue weighted by atomic mass is 35.5. The van der Waals surface area contributed by atoms with Crippen LogP contribution in [0.15, 0.2) is 42.5 Å². The number of nitrogens with one attached hydrogen (secondary N) is 2. The van der Waals surface area contributed by atoms with Gasteiger partial charge in [-0.05, 0) is 18.6 Å². The van der Waals surface area contributed by atoms with Crippen LogP contribution in [-0.4, -0.2) is 12.7 Å². The predicted octanol–water partition coefficient (Wildman–Crippen LogP) is -0.766. The molecule has 7 heteroatoms. The molecule has 2 aromatic rings. The maximum absolute atomic E-state index is 11.3. The number of halogens is 1. The van der Waals surface area contributed by atoms with Crippen molar-refractivity contribution in [1.29, 1.82) is 0 Å². The maximum atomic E-state index is 11.3. The second kappa shape index (κ2) is 8.74. The summed E-state index contributed by atoms with van der Waals surface area (Å²) in [5.74, 6) is 0.819. The number of hydrogen-bond acceptors (Lipinski definition) is 4. The van der Waals surface area contributed by atoms with E-state index in [1.54, 1.807) is 19.1 Å². The highest BCUT2D eigenvalue weighted by Gasteiger charge is 2.12. The summed E-state index contributed by atoms with van der Waals surface area (Å²) in [6.45, 7) is 2.46. The van der Waals surface area contributed by atoms with E-state index in [1.165, 1.54) is 0 Å². The quantitative estimate of drug-likeness (QED) is 0.757. The molecular weight excluding hydrogens is 306 g/mol. The molecule has 22 heavy (non-hydrogen) atoms. The average Bonchev–Trinajstić information content (AvgIpc) is 2.49. The topological polar surface area (TPSA) is 87.7 Å². The number of amides is 1. The van der Waals surface area contributed by atoms with E-state index >= 15 is 0 Å². The standard InChI is InChI=1S/C15H17N3O3.ClH/c1-2-20-15(19)17-12-8-9-13(18-14(12)16)21-10-11-6-4-3-5-7-11;/h3-9H,2,10H2,1H3,(H2,16,18)(H,17,19);1H. The first kappa shape index (κ1) is 17.6. The van der Waals surface area contributed by atoms with E-state index < -0.39 is 6.09 Å². The minimum absolute atomic E-state index is 0. The molecule has 0 unspecified atom stereocenters. The van der Waals surface area contributed by atoms with Gasteiger partial charge in [0.25, 0.3) is 11.7 Å². The van der Waals surface area contributed by atoms with Gasteiger partial charge in [-0.15, -0.1) is 0 Å². The third-order valence-electron chi connectivity index (χ3n) is 2.70. The maximum Gasteiger partial charge on any atom is 0.411 e. The van der Waals surface area contributed by atoms with Crippen molar-refractivity contribution in [2.75, 3.05) is 17.7 Å². The number of nitrogens with two attached hydrogens (primary N) is 1. The number of carbonyl (C=O) groups excluding carboxylic acids is 1. The van der Waals surface area contributed by atoms with Crippen LogP contribution in [0.4, 0.5) is 16.3 Å². The molecule has 0 radical (unpaired) electrons. The number of ether oxygens (including phenoxy) is 2. The van der Waals surface area contributed by atoms with Gasteiger partial charge < -0.3 is 21.9 Å². The van der Waals surface area contributed by atoms with Crippen LogP contribution in [0, 0.1) is 0 Å². The molecule has 0 aliphatic heterocycles. The zero-order chi connectivity index (χ0) is 15.1. The van der Waals surface area contributed by atoms with E-state index in [0.29, 0.717) is 30.6 Å². The van der Waals surface area contributed by atoms with Crippen molar-refractivity contribution in [1.82, 2.24) is 0 Å². The van der Waals surface area contributed by atoms with Gasteiger partial charge in [0.1, 0.15) is 12.3 Å². The number of carbonyl (C=O) groups is 1. The first-order valence-electron chi connectivity index (χ1n) is 6.61.